The van der Waals surface area contributed by atoms with E-state index in [0.29, 0.717) is 39.4 Å². The number of nitrogens with zero attached hydrogens (tertiary/aromatic N) is 3. The average Bonchev–Trinajstić information content (AvgIpc) is 3.65. The SMILES string of the molecule is COc1ccc([C@@H]2CN(C)[C@]3(C(=O)N(C)c4ccc(F)cc43)[C@@]23SC(=S)N(Cc2ccco2)C3=O)cc1OC. The first kappa shape index (κ1) is 25.8. The number of hydrogen-bond donors (Lipinski definition) is 0. The maximum atomic E-state index is 14.8. The third-order valence-corrected chi connectivity index (χ3v) is 10.1. The van der Waals surface area contributed by atoms with Crippen molar-refractivity contribution in [3.05, 3.63) is 77.5 Å². The van der Waals surface area contributed by atoms with Crippen molar-refractivity contribution in [2.45, 2.75) is 22.7 Å². The topological polar surface area (TPSA) is 75.5 Å². The summed E-state index contributed by atoms with van der Waals surface area (Å²) in [6.07, 6.45) is 1.54. The summed E-state index contributed by atoms with van der Waals surface area (Å²) in [7, 11) is 6.56. The van der Waals surface area contributed by atoms with E-state index in [2.05, 4.69) is 0 Å². The molecule has 3 aliphatic rings. The van der Waals surface area contributed by atoms with Crippen LogP contribution in [0.15, 0.2) is 59.2 Å². The molecule has 0 unspecified atom stereocenters. The van der Waals surface area contributed by atoms with Gasteiger partial charge in [-0.25, -0.2) is 4.39 Å². The standard InChI is InChI=1S/C28H26FN3O5S2/c1-30-15-20(16-7-10-22(35-3)23(12-16)36-4)28(25(34)32(26(38)39-28)14-18-6-5-11-37-18)27(30)19-13-17(29)8-9-21(19)31(2)24(27)33/h5-13,20H,14-15H2,1-4H3/t20-,27+,28+/m0/s1. The van der Waals surface area contributed by atoms with Crippen LogP contribution in [0.1, 0.15) is 22.8 Å². The van der Waals surface area contributed by atoms with Crippen LogP contribution in [-0.4, -0.2) is 65.5 Å². The summed E-state index contributed by atoms with van der Waals surface area (Å²) in [5.74, 6) is -0.0196. The molecule has 3 aromatic rings. The summed E-state index contributed by atoms with van der Waals surface area (Å²) in [5.41, 5.74) is 0.273. The molecule has 0 aliphatic carbocycles. The Labute approximate surface area is 234 Å². The number of rotatable bonds is 5. The molecule has 0 bridgehead atoms. The molecule has 4 heterocycles. The van der Waals surface area contributed by atoms with Crippen molar-refractivity contribution in [1.82, 2.24) is 9.80 Å². The zero-order valence-electron chi connectivity index (χ0n) is 21.8. The highest BCUT2D eigenvalue weighted by Gasteiger charge is 2.78. The van der Waals surface area contributed by atoms with Gasteiger partial charge in [0.1, 0.15) is 20.6 Å². The van der Waals surface area contributed by atoms with Crippen LogP contribution in [-0.2, 0) is 21.7 Å². The van der Waals surface area contributed by atoms with Gasteiger partial charge in [0.2, 0.25) is 5.91 Å². The Morgan fingerprint density at radius 2 is 1.85 bits per heavy atom. The molecule has 6 rings (SSSR count). The minimum Gasteiger partial charge on any atom is -0.493 e. The van der Waals surface area contributed by atoms with Crippen LogP contribution in [0.2, 0.25) is 0 Å². The van der Waals surface area contributed by atoms with Crippen LogP contribution in [0, 0.1) is 5.82 Å². The van der Waals surface area contributed by atoms with Crippen LogP contribution in [0.3, 0.4) is 0 Å². The smallest absolute Gasteiger partial charge is 0.254 e. The molecule has 3 aliphatic heterocycles. The summed E-state index contributed by atoms with van der Waals surface area (Å²) >= 11 is 7.00. The number of fused-ring (bicyclic) bond motifs is 3. The van der Waals surface area contributed by atoms with Crippen LogP contribution < -0.4 is 14.4 Å². The number of carbonyl (C=O) groups is 2. The van der Waals surface area contributed by atoms with Crippen molar-refractivity contribution in [3.63, 3.8) is 0 Å². The number of ether oxygens (including phenoxy) is 2. The van der Waals surface area contributed by atoms with Crippen molar-refractivity contribution in [2.24, 2.45) is 0 Å². The number of likely N-dealkylation sites (N-methyl/N-ethyl adjacent to an activating group) is 2. The molecule has 39 heavy (non-hydrogen) atoms. The van der Waals surface area contributed by atoms with Crippen molar-refractivity contribution in [2.75, 3.05) is 39.8 Å². The maximum absolute atomic E-state index is 14.8. The maximum Gasteiger partial charge on any atom is 0.254 e. The first-order valence-corrected chi connectivity index (χ1v) is 13.5. The molecule has 202 valence electrons. The van der Waals surface area contributed by atoms with E-state index >= 15 is 0 Å². The molecule has 2 saturated heterocycles. The molecule has 0 N–H and O–H groups in total. The predicted molar refractivity (Wildman–Crippen MR) is 149 cm³/mol. The quantitative estimate of drug-likeness (QED) is 0.426. The van der Waals surface area contributed by atoms with Crippen molar-refractivity contribution in [3.8, 4) is 11.5 Å². The predicted octanol–water partition coefficient (Wildman–Crippen LogP) is 4.14. The molecular formula is C28H26FN3O5S2. The summed E-state index contributed by atoms with van der Waals surface area (Å²) in [6.45, 7) is 0.457. The van der Waals surface area contributed by atoms with Gasteiger partial charge in [-0.2, -0.15) is 0 Å². The third kappa shape index (κ3) is 3.30. The Kier molecular flexibility index (Phi) is 6.01. The fourth-order valence-corrected chi connectivity index (χ4v) is 8.56. The molecule has 3 atom stereocenters. The molecule has 2 aromatic carbocycles. The van der Waals surface area contributed by atoms with Gasteiger partial charge >= 0.3 is 0 Å². The minimum absolute atomic E-state index is 0.123. The Bertz CT molecular complexity index is 1510. The number of benzene rings is 2. The van der Waals surface area contributed by atoms with Crippen molar-refractivity contribution >= 4 is 45.8 Å². The minimum atomic E-state index is -1.51. The zero-order chi connectivity index (χ0) is 27.7. The largest absolute Gasteiger partial charge is 0.493 e. The number of anilines is 1. The normalized spacial score (nSPS) is 26.4. The number of halogens is 1. The Morgan fingerprint density at radius 1 is 1.08 bits per heavy atom. The molecule has 2 fully saturated rings. The number of hydrogen-bond acceptors (Lipinski definition) is 8. The number of likely N-dealkylation sites (tertiary alicyclic amines) is 1. The second-order valence-corrected chi connectivity index (χ2v) is 11.7. The summed E-state index contributed by atoms with van der Waals surface area (Å²) in [5, 5.41) is 0. The molecule has 11 heteroatoms. The van der Waals surface area contributed by atoms with Gasteiger partial charge in [0.25, 0.3) is 5.91 Å². The van der Waals surface area contributed by atoms with Gasteiger partial charge in [-0.05, 0) is 55.1 Å². The summed E-state index contributed by atoms with van der Waals surface area (Å²) < 4.78 is 30.3. The highest BCUT2D eigenvalue weighted by atomic mass is 32.2. The fraction of sp³-hybridized carbons (Fsp3) is 0.321. The second-order valence-electron chi connectivity index (χ2n) is 9.86. The zero-order valence-corrected chi connectivity index (χ0v) is 23.4. The van der Waals surface area contributed by atoms with E-state index in [-0.39, 0.29) is 18.4 Å². The number of furan rings is 1. The van der Waals surface area contributed by atoms with Crippen LogP contribution in [0.4, 0.5) is 10.1 Å². The third-order valence-electron chi connectivity index (χ3n) is 8.12. The van der Waals surface area contributed by atoms with Gasteiger partial charge in [0.05, 0.1) is 27.0 Å². The highest BCUT2D eigenvalue weighted by Crippen LogP contribution is 2.67. The molecule has 2 spiro atoms. The summed E-state index contributed by atoms with van der Waals surface area (Å²) in [6, 6.07) is 13.3. The Morgan fingerprint density at radius 3 is 2.54 bits per heavy atom. The lowest BCUT2D eigenvalue weighted by atomic mass is 9.72. The lowest BCUT2D eigenvalue weighted by Gasteiger charge is -2.42. The van der Waals surface area contributed by atoms with Gasteiger partial charge in [0, 0.05) is 30.8 Å². The average molecular weight is 568 g/mol. The van der Waals surface area contributed by atoms with Crippen LogP contribution in [0.25, 0.3) is 0 Å². The molecular weight excluding hydrogens is 541 g/mol. The number of thioether (sulfide) groups is 1. The van der Waals surface area contributed by atoms with E-state index in [0.717, 1.165) is 5.56 Å². The van der Waals surface area contributed by atoms with E-state index in [1.807, 2.05) is 17.0 Å². The van der Waals surface area contributed by atoms with Gasteiger partial charge in [-0.15, -0.1) is 0 Å². The van der Waals surface area contributed by atoms with Gasteiger partial charge < -0.3 is 18.8 Å². The fourth-order valence-electron chi connectivity index (χ4n) is 6.43. The van der Waals surface area contributed by atoms with E-state index in [9.17, 15) is 14.0 Å². The molecule has 0 radical (unpaired) electrons. The molecule has 8 nitrogen and oxygen atoms in total. The Hall–Kier alpha value is -3.41. The van der Waals surface area contributed by atoms with Crippen molar-refractivity contribution < 1.29 is 27.9 Å². The monoisotopic (exact) mass is 567 g/mol. The first-order chi connectivity index (χ1) is 18.7. The van der Waals surface area contributed by atoms with Gasteiger partial charge in [-0.3, -0.25) is 19.4 Å². The lowest BCUT2D eigenvalue weighted by Crippen LogP contribution is -2.62. The van der Waals surface area contributed by atoms with E-state index in [1.165, 1.54) is 40.0 Å². The van der Waals surface area contributed by atoms with Crippen molar-refractivity contribution in [1.29, 1.82) is 0 Å². The number of methoxy groups -OCH3 is 2. The number of amides is 2. The summed E-state index contributed by atoms with van der Waals surface area (Å²) in [4.78, 5) is 34.1. The van der Waals surface area contributed by atoms with E-state index in [1.54, 1.807) is 52.6 Å². The highest BCUT2D eigenvalue weighted by molar-refractivity contribution is 8.25. The van der Waals surface area contributed by atoms with E-state index in [4.69, 9.17) is 26.1 Å². The number of thiocarbonyl (C=S) groups is 1. The number of carbonyl (C=O) groups excluding carboxylic acids is 2. The molecule has 2 amide bonds. The van der Waals surface area contributed by atoms with Crippen LogP contribution >= 0.6 is 24.0 Å². The van der Waals surface area contributed by atoms with Gasteiger partial charge in [-0.1, -0.05) is 30.0 Å². The lowest BCUT2D eigenvalue weighted by molar-refractivity contribution is -0.139. The first-order valence-electron chi connectivity index (χ1n) is 12.3. The Balaban J connectivity index is 1.61. The van der Waals surface area contributed by atoms with E-state index < -0.39 is 22.0 Å². The molecule has 0 saturated carbocycles. The molecule has 1 aromatic heterocycles. The van der Waals surface area contributed by atoms with Gasteiger partial charge in [0.15, 0.2) is 17.0 Å². The second kappa shape index (κ2) is 9.07. The van der Waals surface area contributed by atoms with Crippen LogP contribution in [0.5, 0.6) is 11.5 Å².